The summed E-state index contributed by atoms with van der Waals surface area (Å²) in [5.41, 5.74) is 1.30. The summed E-state index contributed by atoms with van der Waals surface area (Å²) >= 11 is 0. The fourth-order valence-electron chi connectivity index (χ4n) is 1.80. The number of carbonyl (C=O) groups is 1. The minimum Gasteiger partial charge on any atom is -0.480 e. The molecule has 1 fully saturated rings. The van der Waals surface area contributed by atoms with E-state index in [2.05, 4.69) is 4.98 Å². The fourth-order valence-corrected chi connectivity index (χ4v) is 1.80. The monoisotopic (exact) mass is 231 g/mol. The van der Waals surface area contributed by atoms with Crippen LogP contribution in [0.2, 0.25) is 0 Å². The fraction of sp³-hybridized carbons (Fsp3) is 0.417. The van der Waals surface area contributed by atoms with Gasteiger partial charge < -0.3 is 5.11 Å². The number of aromatic nitrogens is 1. The molecule has 1 aliphatic carbocycles. The molecule has 0 aromatic carbocycles. The Morgan fingerprint density at radius 1 is 1.65 bits per heavy atom. The van der Waals surface area contributed by atoms with Gasteiger partial charge in [-0.15, -0.1) is 0 Å². The second-order valence-electron chi connectivity index (χ2n) is 4.19. The zero-order valence-corrected chi connectivity index (χ0v) is 9.33. The SMILES string of the molecule is N#Cc1cc(CN(CC(=O)O)C2CC2)ccn1. The molecule has 1 aromatic heterocycles. The number of carboxylic acid groups (broad SMARTS) is 1. The number of nitrogens with zero attached hydrogens (tertiary/aromatic N) is 3. The van der Waals surface area contributed by atoms with Crippen molar-refractivity contribution >= 4 is 5.97 Å². The van der Waals surface area contributed by atoms with Crippen LogP contribution >= 0.6 is 0 Å². The van der Waals surface area contributed by atoms with Gasteiger partial charge in [-0.3, -0.25) is 9.69 Å². The van der Waals surface area contributed by atoms with Crippen molar-refractivity contribution in [2.75, 3.05) is 6.54 Å². The highest BCUT2D eigenvalue weighted by molar-refractivity contribution is 5.69. The standard InChI is InChI=1S/C12H13N3O2/c13-6-10-5-9(3-4-14-10)7-15(8-12(16)17)11-1-2-11/h3-5,11H,1-2,7-8H2,(H,16,17). The minimum absolute atomic E-state index is 0.0505. The number of rotatable bonds is 5. The van der Waals surface area contributed by atoms with Gasteiger partial charge in [-0.1, -0.05) is 0 Å². The van der Waals surface area contributed by atoms with Crippen molar-refractivity contribution in [2.24, 2.45) is 0 Å². The smallest absolute Gasteiger partial charge is 0.317 e. The van der Waals surface area contributed by atoms with Crippen LogP contribution in [0.4, 0.5) is 0 Å². The van der Waals surface area contributed by atoms with E-state index in [0.29, 0.717) is 18.3 Å². The van der Waals surface area contributed by atoms with E-state index < -0.39 is 5.97 Å². The lowest BCUT2D eigenvalue weighted by molar-refractivity contribution is -0.138. The first-order valence-corrected chi connectivity index (χ1v) is 5.50. The van der Waals surface area contributed by atoms with Gasteiger partial charge in [0.2, 0.25) is 0 Å². The van der Waals surface area contributed by atoms with Crippen LogP contribution in [0.5, 0.6) is 0 Å². The van der Waals surface area contributed by atoms with Crippen molar-refractivity contribution in [3.63, 3.8) is 0 Å². The molecule has 1 aliphatic rings. The molecule has 88 valence electrons. The van der Waals surface area contributed by atoms with E-state index in [9.17, 15) is 4.79 Å². The molecule has 0 atom stereocenters. The van der Waals surface area contributed by atoms with E-state index in [1.54, 1.807) is 12.3 Å². The average molecular weight is 231 g/mol. The largest absolute Gasteiger partial charge is 0.480 e. The molecule has 1 saturated carbocycles. The molecule has 1 aromatic rings. The summed E-state index contributed by atoms with van der Waals surface area (Å²) in [5.74, 6) is -0.813. The average Bonchev–Trinajstić information content (AvgIpc) is 3.12. The normalized spacial score (nSPS) is 14.6. The highest BCUT2D eigenvalue weighted by Crippen LogP contribution is 2.27. The third-order valence-corrected chi connectivity index (χ3v) is 2.73. The van der Waals surface area contributed by atoms with Crippen LogP contribution in [0.15, 0.2) is 18.3 Å². The summed E-state index contributed by atoms with van der Waals surface area (Å²) in [4.78, 5) is 16.6. The van der Waals surface area contributed by atoms with Gasteiger partial charge in [0.15, 0.2) is 0 Å². The molecule has 1 N–H and O–H groups in total. The summed E-state index contributed by atoms with van der Waals surface area (Å²) in [6, 6.07) is 5.88. The maximum atomic E-state index is 10.7. The molecule has 0 unspecified atom stereocenters. The van der Waals surface area contributed by atoms with Crippen LogP contribution in [0.3, 0.4) is 0 Å². The van der Waals surface area contributed by atoms with Gasteiger partial charge in [0.05, 0.1) is 6.54 Å². The summed E-state index contributed by atoms with van der Waals surface area (Å²) in [6.45, 7) is 0.614. The molecule has 0 amide bonds. The van der Waals surface area contributed by atoms with E-state index in [-0.39, 0.29) is 6.54 Å². The molecule has 0 aliphatic heterocycles. The second kappa shape index (κ2) is 4.93. The molecule has 0 saturated heterocycles. The molecule has 2 rings (SSSR count). The first-order valence-electron chi connectivity index (χ1n) is 5.50. The van der Waals surface area contributed by atoms with E-state index in [1.165, 1.54) is 0 Å². The predicted octanol–water partition coefficient (Wildman–Crippen LogP) is 1.00. The van der Waals surface area contributed by atoms with Gasteiger partial charge >= 0.3 is 5.97 Å². The number of hydrogen-bond donors (Lipinski definition) is 1. The Balaban J connectivity index is 2.06. The maximum Gasteiger partial charge on any atom is 0.317 e. The lowest BCUT2D eigenvalue weighted by Crippen LogP contribution is -2.31. The maximum absolute atomic E-state index is 10.7. The van der Waals surface area contributed by atoms with E-state index in [4.69, 9.17) is 10.4 Å². The van der Waals surface area contributed by atoms with E-state index >= 15 is 0 Å². The molecule has 0 spiro atoms. The summed E-state index contributed by atoms with van der Waals surface area (Å²) in [5, 5.41) is 17.6. The molecular weight excluding hydrogens is 218 g/mol. The van der Waals surface area contributed by atoms with Gasteiger partial charge in [-0.2, -0.15) is 5.26 Å². The van der Waals surface area contributed by atoms with Crippen molar-refractivity contribution in [2.45, 2.75) is 25.4 Å². The number of hydrogen-bond acceptors (Lipinski definition) is 4. The molecule has 5 heteroatoms. The third-order valence-electron chi connectivity index (χ3n) is 2.73. The zero-order chi connectivity index (χ0) is 12.3. The van der Waals surface area contributed by atoms with E-state index in [1.807, 2.05) is 17.0 Å². The summed E-state index contributed by atoms with van der Waals surface area (Å²) < 4.78 is 0. The van der Waals surface area contributed by atoms with Crippen molar-refractivity contribution in [3.05, 3.63) is 29.6 Å². The Kier molecular flexibility index (Phi) is 3.35. The zero-order valence-electron chi connectivity index (χ0n) is 9.33. The van der Waals surface area contributed by atoms with Crippen LogP contribution in [0, 0.1) is 11.3 Å². The summed E-state index contributed by atoms with van der Waals surface area (Å²) in [6.07, 6.45) is 3.70. The van der Waals surface area contributed by atoms with Crippen molar-refractivity contribution in [3.8, 4) is 6.07 Å². The van der Waals surface area contributed by atoms with Gasteiger partial charge in [-0.05, 0) is 30.5 Å². The van der Waals surface area contributed by atoms with Gasteiger partial charge in [0.1, 0.15) is 11.8 Å². The predicted molar refractivity (Wildman–Crippen MR) is 60.0 cm³/mol. The third kappa shape index (κ3) is 3.26. The van der Waals surface area contributed by atoms with Crippen LogP contribution in [-0.2, 0) is 11.3 Å². The first-order chi connectivity index (χ1) is 8.19. The van der Waals surface area contributed by atoms with Crippen LogP contribution in [0.1, 0.15) is 24.1 Å². The Hall–Kier alpha value is -1.93. The molecular formula is C12H13N3O2. The quantitative estimate of drug-likeness (QED) is 0.818. The van der Waals surface area contributed by atoms with Crippen molar-refractivity contribution in [1.29, 1.82) is 5.26 Å². The van der Waals surface area contributed by atoms with Crippen molar-refractivity contribution in [1.82, 2.24) is 9.88 Å². The molecule has 17 heavy (non-hydrogen) atoms. The molecule has 0 radical (unpaired) electrons. The van der Waals surface area contributed by atoms with Crippen LogP contribution < -0.4 is 0 Å². The highest BCUT2D eigenvalue weighted by atomic mass is 16.4. The second-order valence-corrected chi connectivity index (χ2v) is 4.19. The summed E-state index contributed by atoms with van der Waals surface area (Å²) in [7, 11) is 0. The van der Waals surface area contributed by atoms with E-state index in [0.717, 1.165) is 18.4 Å². The lowest BCUT2D eigenvalue weighted by atomic mass is 10.2. The highest BCUT2D eigenvalue weighted by Gasteiger charge is 2.30. The lowest BCUT2D eigenvalue weighted by Gasteiger charge is -2.19. The van der Waals surface area contributed by atoms with Gasteiger partial charge in [-0.25, -0.2) is 4.98 Å². The molecule has 1 heterocycles. The minimum atomic E-state index is -0.813. The van der Waals surface area contributed by atoms with Gasteiger partial charge in [0, 0.05) is 18.8 Å². The Bertz CT molecular complexity index is 463. The topological polar surface area (TPSA) is 77.2 Å². The molecule has 5 nitrogen and oxygen atoms in total. The number of carboxylic acids is 1. The van der Waals surface area contributed by atoms with Crippen LogP contribution in [0.25, 0.3) is 0 Å². The van der Waals surface area contributed by atoms with Crippen molar-refractivity contribution < 1.29 is 9.90 Å². The Morgan fingerprint density at radius 2 is 2.41 bits per heavy atom. The first kappa shape index (κ1) is 11.6. The Labute approximate surface area is 99.3 Å². The van der Waals surface area contributed by atoms with Crippen LogP contribution in [-0.4, -0.2) is 33.5 Å². The van der Waals surface area contributed by atoms with Gasteiger partial charge in [0.25, 0.3) is 0 Å². The Morgan fingerprint density at radius 3 is 3.00 bits per heavy atom. The number of nitriles is 1. The number of aliphatic carboxylic acids is 1. The molecule has 0 bridgehead atoms. The number of pyridine rings is 1.